The van der Waals surface area contributed by atoms with Crippen molar-refractivity contribution in [2.45, 2.75) is 18.9 Å². The van der Waals surface area contributed by atoms with Crippen molar-refractivity contribution >= 4 is 29.1 Å². The Morgan fingerprint density at radius 2 is 2.24 bits per heavy atom. The lowest BCUT2D eigenvalue weighted by Crippen LogP contribution is -2.40. The van der Waals surface area contributed by atoms with E-state index in [9.17, 15) is 4.79 Å². The van der Waals surface area contributed by atoms with Gasteiger partial charge >= 0.3 is 0 Å². The molecule has 0 saturated carbocycles. The topological polar surface area (TPSA) is 46.3 Å². The van der Waals surface area contributed by atoms with Crippen LogP contribution in [-0.4, -0.2) is 29.9 Å². The highest BCUT2D eigenvalue weighted by molar-refractivity contribution is 6.35. The molecule has 1 unspecified atom stereocenters. The Labute approximate surface area is 110 Å². The van der Waals surface area contributed by atoms with E-state index in [1.165, 1.54) is 0 Å². The molecule has 17 heavy (non-hydrogen) atoms. The summed E-state index contributed by atoms with van der Waals surface area (Å²) in [4.78, 5) is 14.1. The first-order valence-electron chi connectivity index (χ1n) is 5.59. The summed E-state index contributed by atoms with van der Waals surface area (Å²) < 4.78 is 0. The number of rotatable bonds is 2. The monoisotopic (exact) mass is 272 g/mol. The summed E-state index contributed by atoms with van der Waals surface area (Å²) in [7, 11) is 0. The fourth-order valence-electron chi connectivity index (χ4n) is 2.16. The summed E-state index contributed by atoms with van der Waals surface area (Å²) in [6.45, 7) is 1.23. The molecule has 1 fully saturated rings. The number of amides is 1. The van der Waals surface area contributed by atoms with Gasteiger partial charge in [-0.3, -0.25) is 4.79 Å². The smallest absolute Gasteiger partial charge is 0.255 e. The van der Waals surface area contributed by atoms with Crippen LogP contribution in [0.15, 0.2) is 18.2 Å². The van der Waals surface area contributed by atoms with Gasteiger partial charge in [-0.15, -0.1) is 0 Å². The molecule has 0 radical (unpaired) electrons. The highest BCUT2D eigenvalue weighted by Gasteiger charge is 2.29. The summed E-state index contributed by atoms with van der Waals surface area (Å²) in [6.07, 6.45) is 1.95. The zero-order valence-corrected chi connectivity index (χ0v) is 10.8. The molecule has 1 aromatic rings. The maximum Gasteiger partial charge on any atom is 0.255 e. The molecule has 2 rings (SSSR count). The summed E-state index contributed by atoms with van der Waals surface area (Å²) >= 11 is 11.9. The van der Waals surface area contributed by atoms with Gasteiger partial charge in [0.25, 0.3) is 5.91 Å². The van der Waals surface area contributed by atoms with Crippen molar-refractivity contribution in [3.05, 3.63) is 33.8 Å². The zero-order valence-electron chi connectivity index (χ0n) is 9.33. The van der Waals surface area contributed by atoms with E-state index in [0.717, 1.165) is 19.4 Å². The zero-order chi connectivity index (χ0) is 12.4. The largest absolute Gasteiger partial charge is 0.334 e. The summed E-state index contributed by atoms with van der Waals surface area (Å²) in [5, 5.41) is 0.948. The first kappa shape index (κ1) is 12.7. The Kier molecular flexibility index (Phi) is 3.92. The van der Waals surface area contributed by atoms with Gasteiger partial charge in [-0.25, -0.2) is 0 Å². The molecule has 92 valence electrons. The third kappa shape index (κ3) is 2.57. The molecule has 3 nitrogen and oxygen atoms in total. The predicted molar refractivity (Wildman–Crippen MR) is 69.6 cm³/mol. The molecule has 1 heterocycles. The van der Waals surface area contributed by atoms with Crippen molar-refractivity contribution in [3.8, 4) is 0 Å². The maximum absolute atomic E-state index is 12.3. The second-order valence-electron chi connectivity index (χ2n) is 4.15. The van der Waals surface area contributed by atoms with Gasteiger partial charge in [0, 0.05) is 24.2 Å². The van der Waals surface area contributed by atoms with Gasteiger partial charge in [0.05, 0.1) is 10.6 Å². The van der Waals surface area contributed by atoms with Crippen molar-refractivity contribution in [3.63, 3.8) is 0 Å². The van der Waals surface area contributed by atoms with Crippen molar-refractivity contribution in [2.24, 2.45) is 5.73 Å². The lowest BCUT2D eigenvalue weighted by molar-refractivity contribution is 0.0741. The predicted octanol–water partition coefficient (Wildman–Crippen LogP) is 2.56. The van der Waals surface area contributed by atoms with Crippen LogP contribution in [0.25, 0.3) is 0 Å². The molecule has 2 N–H and O–H groups in total. The van der Waals surface area contributed by atoms with Crippen molar-refractivity contribution in [2.75, 3.05) is 13.1 Å². The third-order valence-corrected chi connectivity index (χ3v) is 3.63. The molecule has 1 saturated heterocycles. The van der Waals surface area contributed by atoms with E-state index >= 15 is 0 Å². The molecular formula is C12H14Cl2N2O. The average Bonchev–Trinajstić information content (AvgIpc) is 2.79. The summed E-state index contributed by atoms with van der Waals surface area (Å²) in [5.74, 6) is -0.0783. The Morgan fingerprint density at radius 1 is 1.47 bits per heavy atom. The van der Waals surface area contributed by atoms with E-state index < -0.39 is 0 Å². The number of hydrogen-bond acceptors (Lipinski definition) is 2. The van der Waals surface area contributed by atoms with Gasteiger partial charge in [0.1, 0.15) is 0 Å². The molecule has 0 spiro atoms. The molecule has 1 aromatic carbocycles. The van der Waals surface area contributed by atoms with Gasteiger partial charge in [-0.05, 0) is 31.0 Å². The number of carbonyl (C=O) groups is 1. The molecule has 1 amide bonds. The van der Waals surface area contributed by atoms with E-state index in [2.05, 4.69) is 0 Å². The number of hydrogen-bond donors (Lipinski definition) is 1. The molecule has 1 atom stereocenters. The SMILES string of the molecule is NCC1CCCN1C(=O)c1cc(Cl)ccc1Cl. The standard InChI is InChI=1S/C12H14Cl2N2O/c13-8-3-4-11(14)10(6-8)12(17)16-5-1-2-9(16)7-15/h3-4,6,9H,1-2,5,7,15H2. The molecular weight excluding hydrogens is 259 g/mol. The van der Waals surface area contributed by atoms with Gasteiger partial charge in [0.15, 0.2) is 0 Å². The number of carbonyl (C=O) groups excluding carboxylic acids is 1. The molecule has 1 aliphatic heterocycles. The van der Waals surface area contributed by atoms with Crippen LogP contribution in [0.2, 0.25) is 10.0 Å². The molecule has 0 aromatic heterocycles. The van der Waals surface area contributed by atoms with Crippen LogP contribution in [0.3, 0.4) is 0 Å². The molecule has 1 aliphatic rings. The Morgan fingerprint density at radius 3 is 2.94 bits per heavy atom. The minimum Gasteiger partial charge on any atom is -0.334 e. The van der Waals surface area contributed by atoms with E-state index in [1.54, 1.807) is 23.1 Å². The van der Waals surface area contributed by atoms with E-state index in [0.29, 0.717) is 22.2 Å². The van der Waals surface area contributed by atoms with Crippen LogP contribution >= 0.6 is 23.2 Å². The normalized spacial score (nSPS) is 19.7. The van der Waals surface area contributed by atoms with Crippen molar-refractivity contribution in [1.29, 1.82) is 0 Å². The second kappa shape index (κ2) is 5.25. The van der Waals surface area contributed by atoms with E-state index in [1.807, 2.05) is 0 Å². The fraction of sp³-hybridized carbons (Fsp3) is 0.417. The first-order chi connectivity index (χ1) is 8.13. The van der Waals surface area contributed by atoms with Crippen LogP contribution in [0, 0.1) is 0 Å². The maximum atomic E-state index is 12.3. The quantitative estimate of drug-likeness (QED) is 0.900. The summed E-state index contributed by atoms with van der Waals surface area (Å²) in [5.41, 5.74) is 6.11. The number of benzene rings is 1. The van der Waals surface area contributed by atoms with E-state index in [4.69, 9.17) is 28.9 Å². The van der Waals surface area contributed by atoms with Gasteiger partial charge in [-0.1, -0.05) is 23.2 Å². The number of nitrogens with two attached hydrogens (primary N) is 1. The fourth-order valence-corrected chi connectivity index (χ4v) is 2.53. The van der Waals surface area contributed by atoms with Crippen LogP contribution in [0.5, 0.6) is 0 Å². The second-order valence-corrected chi connectivity index (χ2v) is 5.00. The molecule has 0 aliphatic carbocycles. The van der Waals surface area contributed by atoms with Crippen molar-refractivity contribution in [1.82, 2.24) is 4.90 Å². The van der Waals surface area contributed by atoms with Crippen LogP contribution in [0.1, 0.15) is 23.2 Å². The molecule has 5 heteroatoms. The van der Waals surface area contributed by atoms with E-state index in [-0.39, 0.29) is 11.9 Å². The van der Waals surface area contributed by atoms with Crippen LogP contribution < -0.4 is 5.73 Å². The Bertz CT molecular complexity index is 437. The Hall–Kier alpha value is -0.770. The van der Waals surface area contributed by atoms with Gasteiger partial charge < -0.3 is 10.6 Å². The lowest BCUT2D eigenvalue weighted by Gasteiger charge is -2.24. The Balaban J connectivity index is 2.27. The minimum absolute atomic E-state index is 0.0783. The van der Waals surface area contributed by atoms with Gasteiger partial charge in [-0.2, -0.15) is 0 Å². The summed E-state index contributed by atoms with van der Waals surface area (Å²) in [6, 6.07) is 5.05. The third-order valence-electron chi connectivity index (χ3n) is 3.07. The lowest BCUT2D eigenvalue weighted by atomic mass is 10.1. The number of halogens is 2. The first-order valence-corrected chi connectivity index (χ1v) is 6.35. The molecule has 0 bridgehead atoms. The van der Waals surface area contributed by atoms with Crippen LogP contribution in [0.4, 0.5) is 0 Å². The minimum atomic E-state index is -0.0783. The average molecular weight is 273 g/mol. The van der Waals surface area contributed by atoms with Gasteiger partial charge in [0.2, 0.25) is 0 Å². The van der Waals surface area contributed by atoms with Crippen LogP contribution in [-0.2, 0) is 0 Å². The van der Waals surface area contributed by atoms with Crippen molar-refractivity contribution < 1.29 is 4.79 Å². The number of likely N-dealkylation sites (tertiary alicyclic amines) is 1. The highest BCUT2D eigenvalue weighted by Crippen LogP contribution is 2.25. The highest BCUT2D eigenvalue weighted by atomic mass is 35.5. The number of nitrogens with zero attached hydrogens (tertiary/aromatic N) is 1.